The zero-order valence-electron chi connectivity index (χ0n) is 19.7. The number of aryl methyl sites for hydroxylation is 1. The molecule has 0 N–H and O–H groups in total. The van der Waals surface area contributed by atoms with E-state index in [9.17, 15) is 0 Å². The van der Waals surface area contributed by atoms with E-state index in [1.165, 1.54) is 18.4 Å². The smallest absolute Gasteiger partial charge is 0.160 e. The molecule has 170 valence electrons. The summed E-state index contributed by atoms with van der Waals surface area (Å²) >= 11 is 0. The average Bonchev–Trinajstić information content (AvgIpc) is 2.83. The van der Waals surface area contributed by atoms with Crippen molar-refractivity contribution in [1.29, 1.82) is 0 Å². The van der Waals surface area contributed by atoms with Gasteiger partial charge in [0.15, 0.2) is 11.5 Å². The van der Waals surface area contributed by atoms with Gasteiger partial charge in [0.2, 0.25) is 0 Å². The number of aromatic nitrogens is 2. The third-order valence-electron chi connectivity index (χ3n) is 6.52. The second-order valence-corrected chi connectivity index (χ2v) is 8.70. The van der Waals surface area contributed by atoms with Crippen LogP contribution < -0.4 is 9.47 Å². The molecule has 6 nitrogen and oxygen atoms in total. The van der Waals surface area contributed by atoms with Gasteiger partial charge in [-0.2, -0.15) is 0 Å². The van der Waals surface area contributed by atoms with Crippen LogP contribution in [0.5, 0.6) is 11.5 Å². The van der Waals surface area contributed by atoms with Crippen molar-refractivity contribution in [2.45, 2.75) is 38.8 Å². The SMILES string of the molecule is COc1ccc(CCN(C)C2CCCN(Cc3nc4ccccc4nc3C)C2)cc1OC. The van der Waals surface area contributed by atoms with Crippen molar-refractivity contribution in [3.8, 4) is 11.5 Å². The summed E-state index contributed by atoms with van der Waals surface area (Å²) in [5, 5.41) is 0. The number of hydrogen-bond donors (Lipinski definition) is 0. The number of likely N-dealkylation sites (tertiary alicyclic amines) is 1. The molecule has 0 radical (unpaired) electrons. The van der Waals surface area contributed by atoms with Gasteiger partial charge in [-0.15, -0.1) is 0 Å². The monoisotopic (exact) mass is 434 g/mol. The van der Waals surface area contributed by atoms with Gasteiger partial charge >= 0.3 is 0 Å². The van der Waals surface area contributed by atoms with Gasteiger partial charge in [-0.25, -0.2) is 9.97 Å². The number of piperidine rings is 1. The van der Waals surface area contributed by atoms with Crippen molar-refractivity contribution < 1.29 is 9.47 Å². The van der Waals surface area contributed by atoms with Gasteiger partial charge in [-0.1, -0.05) is 18.2 Å². The Kier molecular flexibility index (Phi) is 7.22. The van der Waals surface area contributed by atoms with Crippen molar-refractivity contribution in [2.75, 3.05) is 40.9 Å². The Morgan fingerprint density at radius 2 is 1.78 bits per heavy atom. The number of nitrogens with zero attached hydrogens (tertiary/aromatic N) is 4. The zero-order valence-corrected chi connectivity index (χ0v) is 19.7. The molecule has 1 saturated heterocycles. The fraction of sp³-hybridized carbons (Fsp3) is 0.462. The van der Waals surface area contributed by atoms with E-state index < -0.39 is 0 Å². The highest BCUT2D eigenvalue weighted by Gasteiger charge is 2.24. The molecule has 1 aromatic heterocycles. The van der Waals surface area contributed by atoms with Crippen LogP contribution in [-0.4, -0.2) is 66.7 Å². The second kappa shape index (κ2) is 10.3. The summed E-state index contributed by atoms with van der Waals surface area (Å²) in [6.07, 6.45) is 3.44. The summed E-state index contributed by atoms with van der Waals surface area (Å²) in [6.45, 7) is 6.14. The first-order valence-corrected chi connectivity index (χ1v) is 11.4. The molecule has 0 spiro atoms. The molecule has 0 bridgehead atoms. The summed E-state index contributed by atoms with van der Waals surface area (Å²) in [7, 11) is 5.60. The third kappa shape index (κ3) is 5.19. The van der Waals surface area contributed by atoms with Crippen LogP contribution in [0.15, 0.2) is 42.5 Å². The topological polar surface area (TPSA) is 50.7 Å². The van der Waals surface area contributed by atoms with E-state index in [4.69, 9.17) is 19.4 Å². The van der Waals surface area contributed by atoms with Crippen molar-refractivity contribution in [3.05, 3.63) is 59.4 Å². The van der Waals surface area contributed by atoms with Crippen molar-refractivity contribution in [2.24, 2.45) is 0 Å². The van der Waals surface area contributed by atoms with Crippen molar-refractivity contribution >= 4 is 11.0 Å². The quantitative estimate of drug-likeness (QED) is 0.532. The molecule has 1 atom stereocenters. The maximum Gasteiger partial charge on any atom is 0.160 e. The lowest BCUT2D eigenvalue weighted by Crippen LogP contribution is -2.46. The molecule has 32 heavy (non-hydrogen) atoms. The molecule has 6 heteroatoms. The average molecular weight is 435 g/mol. The second-order valence-electron chi connectivity index (χ2n) is 8.70. The Bertz CT molecular complexity index is 1060. The number of ether oxygens (including phenoxy) is 2. The van der Waals surface area contributed by atoms with E-state index in [0.29, 0.717) is 6.04 Å². The number of para-hydroxylation sites is 2. The predicted molar refractivity (Wildman–Crippen MR) is 128 cm³/mol. The zero-order chi connectivity index (χ0) is 22.5. The molecule has 0 amide bonds. The van der Waals surface area contributed by atoms with E-state index in [2.05, 4.69) is 35.9 Å². The molecule has 1 aliphatic rings. The Morgan fingerprint density at radius 3 is 2.53 bits per heavy atom. The summed E-state index contributed by atoms with van der Waals surface area (Å²) in [6, 6.07) is 14.9. The summed E-state index contributed by atoms with van der Waals surface area (Å²) in [5.41, 5.74) is 5.35. The van der Waals surface area contributed by atoms with Gasteiger partial charge in [-0.3, -0.25) is 4.90 Å². The van der Waals surface area contributed by atoms with Crippen LogP contribution in [0.3, 0.4) is 0 Å². The highest BCUT2D eigenvalue weighted by molar-refractivity contribution is 5.74. The molecule has 1 fully saturated rings. The lowest BCUT2D eigenvalue weighted by atomic mass is 10.0. The maximum absolute atomic E-state index is 5.45. The molecule has 2 aromatic carbocycles. The van der Waals surface area contributed by atoms with Gasteiger partial charge in [-0.05, 0) is 69.6 Å². The number of rotatable bonds is 8. The number of fused-ring (bicyclic) bond motifs is 1. The van der Waals surface area contributed by atoms with E-state index in [-0.39, 0.29) is 0 Å². The highest BCUT2D eigenvalue weighted by Crippen LogP contribution is 2.28. The lowest BCUT2D eigenvalue weighted by molar-refractivity contribution is 0.111. The molecule has 0 aliphatic carbocycles. The fourth-order valence-corrected chi connectivity index (χ4v) is 4.55. The van der Waals surface area contributed by atoms with Gasteiger partial charge < -0.3 is 14.4 Å². The molecule has 3 aromatic rings. The lowest BCUT2D eigenvalue weighted by Gasteiger charge is -2.37. The Morgan fingerprint density at radius 1 is 1.03 bits per heavy atom. The van der Waals surface area contributed by atoms with Crippen LogP contribution in [0.4, 0.5) is 0 Å². The molecular weight excluding hydrogens is 400 g/mol. The third-order valence-corrected chi connectivity index (χ3v) is 6.52. The first-order chi connectivity index (χ1) is 15.6. The van der Waals surface area contributed by atoms with Crippen LogP contribution >= 0.6 is 0 Å². The van der Waals surface area contributed by atoms with Gasteiger partial charge in [0.1, 0.15) is 0 Å². The summed E-state index contributed by atoms with van der Waals surface area (Å²) < 4.78 is 10.8. The Hall–Kier alpha value is -2.70. The normalized spacial score (nSPS) is 17.1. The Labute approximate surface area is 191 Å². The Balaban J connectivity index is 1.36. The fourth-order valence-electron chi connectivity index (χ4n) is 4.55. The van der Waals surface area contributed by atoms with E-state index in [0.717, 1.165) is 66.5 Å². The van der Waals surface area contributed by atoms with Crippen molar-refractivity contribution in [1.82, 2.24) is 19.8 Å². The van der Waals surface area contributed by atoms with Gasteiger partial charge in [0, 0.05) is 25.7 Å². The van der Waals surface area contributed by atoms with Gasteiger partial charge in [0.25, 0.3) is 0 Å². The minimum atomic E-state index is 0.553. The molecule has 2 heterocycles. The van der Waals surface area contributed by atoms with E-state index in [1.54, 1.807) is 14.2 Å². The van der Waals surface area contributed by atoms with E-state index >= 15 is 0 Å². The molecule has 1 aliphatic heterocycles. The van der Waals surface area contributed by atoms with Crippen LogP contribution in [0.25, 0.3) is 11.0 Å². The summed E-state index contributed by atoms with van der Waals surface area (Å²) in [5.74, 6) is 1.57. The number of benzene rings is 2. The van der Waals surface area contributed by atoms with Gasteiger partial charge in [0.05, 0.1) is 36.6 Å². The number of methoxy groups -OCH3 is 2. The highest BCUT2D eigenvalue weighted by atomic mass is 16.5. The molecule has 4 rings (SSSR count). The molecule has 1 unspecified atom stereocenters. The number of likely N-dealkylation sites (N-methyl/N-ethyl adjacent to an activating group) is 1. The minimum Gasteiger partial charge on any atom is -0.493 e. The number of hydrogen-bond acceptors (Lipinski definition) is 6. The first-order valence-electron chi connectivity index (χ1n) is 11.4. The minimum absolute atomic E-state index is 0.553. The van der Waals surface area contributed by atoms with Crippen LogP contribution in [0.1, 0.15) is 29.8 Å². The summed E-state index contributed by atoms with van der Waals surface area (Å²) in [4.78, 5) is 14.7. The van der Waals surface area contributed by atoms with Crippen LogP contribution in [0.2, 0.25) is 0 Å². The van der Waals surface area contributed by atoms with Crippen molar-refractivity contribution in [3.63, 3.8) is 0 Å². The first kappa shape index (κ1) is 22.5. The van der Waals surface area contributed by atoms with E-state index in [1.807, 2.05) is 30.3 Å². The molecule has 0 saturated carbocycles. The van der Waals surface area contributed by atoms with Crippen LogP contribution in [0, 0.1) is 6.92 Å². The predicted octanol–water partition coefficient (Wildman–Crippen LogP) is 4.09. The maximum atomic E-state index is 5.45. The van der Waals surface area contributed by atoms with Crippen LogP contribution in [-0.2, 0) is 13.0 Å². The standard InChI is InChI=1S/C26H34N4O2/c1-19-24(28-23-10-6-5-9-22(23)27-19)18-30-14-7-8-21(17-30)29(2)15-13-20-11-12-25(31-3)26(16-20)32-4/h5-6,9-12,16,21H,7-8,13-15,17-18H2,1-4H3. The largest absolute Gasteiger partial charge is 0.493 e. The molecular formula is C26H34N4O2.